The van der Waals surface area contributed by atoms with Gasteiger partial charge in [-0.3, -0.25) is 4.40 Å². The van der Waals surface area contributed by atoms with Crippen LogP contribution < -0.4 is 5.73 Å². The first-order valence-electron chi connectivity index (χ1n) is 6.21. The lowest BCUT2D eigenvalue weighted by Gasteiger charge is -2.07. The number of nitrogens with two attached hydrogens (primary N) is 1. The average molecular weight is 292 g/mol. The van der Waals surface area contributed by atoms with Crippen LogP contribution in [-0.2, 0) is 12.7 Å². The van der Waals surface area contributed by atoms with Gasteiger partial charge < -0.3 is 5.73 Å². The molecule has 108 valence electrons. The summed E-state index contributed by atoms with van der Waals surface area (Å²) >= 11 is 0. The Morgan fingerprint density at radius 1 is 1.05 bits per heavy atom. The lowest BCUT2D eigenvalue weighted by molar-refractivity contribution is -0.137. The molecule has 0 saturated heterocycles. The number of alkyl halides is 3. The molecule has 0 aliphatic heterocycles. The number of pyridine rings is 1. The molecule has 0 fully saturated rings. The number of aromatic nitrogens is 3. The van der Waals surface area contributed by atoms with Crippen molar-refractivity contribution in [2.24, 2.45) is 5.73 Å². The third kappa shape index (κ3) is 2.36. The fourth-order valence-corrected chi connectivity index (χ4v) is 2.14. The van der Waals surface area contributed by atoms with E-state index in [1.807, 2.05) is 6.07 Å². The fourth-order valence-electron chi connectivity index (χ4n) is 2.14. The number of hydrogen-bond acceptors (Lipinski definition) is 3. The van der Waals surface area contributed by atoms with Crippen LogP contribution in [0.2, 0.25) is 0 Å². The van der Waals surface area contributed by atoms with E-state index in [0.717, 1.165) is 17.7 Å². The molecule has 21 heavy (non-hydrogen) atoms. The Morgan fingerprint density at radius 3 is 2.38 bits per heavy atom. The zero-order valence-corrected chi connectivity index (χ0v) is 10.8. The van der Waals surface area contributed by atoms with E-state index in [9.17, 15) is 13.2 Å². The van der Waals surface area contributed by atoms with Crippen LogP contribution >= 0.6 is 0 Å². The van der Waals surface area contributed by atoms with Gasteiger partial charge in [0.2, 0.25) is 0 Å². The monoisotopic (exact) mass is 292 g/mol. The van der Waals surface area contributed by atoms with E-state index in [1.165, 1.54) is 12.1 Å². The summed E-state index contributed by atoms with van der Waals surface area (Å²) in [6.07, 6.45) is -2.60. The van der Waals surface area contributed by atoms with E-state index in [-0.39, 0.29) is 0 Å². The number of halogens is 3. The highest BCUT2D eigenvalue weighted by Gasteiger charge is 2.30. The Kier molecular flexibility index (Phi) is 3.13. The Hall–Kier alpha value is -2.41. The third-order valence-electron chi connectivity index (χ3n) is 3.21. The van der Waals surface area contributed by atoms with Gasteiger partial charge in [-0.2, -0.15) is 13.2 Å². The molecule has 3 rings (SSSR count). The van der Waals surface area contributed by atoms with Crippen molar-refractivity contribution in [3.05, 3.63) is 53.7 Å². The van der Waals surface area contributed by atoms with Crippen LogP contribution in [0.15, 0.2) is 42.6 Å². The van der Waals surface area contributed by atoms with Crippen molar-refractivity contribution in [2.45, 2.75) is 12.7 Å². The molecule has 0 amide bonds. The number of rotatable bonds is 2. The fraction of sp³-hybridized carbons (Fsp3) is 0.143. The highest BCUT2D eigenvalue weighted by molar-refractivity contribution is 5.61. The molecule has 0 spiro atoms. The quantitative estimate of drug-likeness (QED) is 0.790. The molecule has 0 aliphatic rings. The Bertz CT molecular complexity index is 775. The molecule has 1 aromatic carbocycles. The van der Waals surface area contributed by atoms with Crippen molar-refractivity contribution in [1.29, 1.82) is 0 Å². The normalized spacial score (nSPS) is 12.0. The van der Waals surface area contributed by atoms with Crippen LogP contribution in [-0.4, -0.2) is 14.6 Å². The van der Waals surface area contributed by atoms with E-state index in [0.29, 0.717) is 23.6 Å². The summed E-state index contributed by atoms with van der Waals surface area (Å²) in [5.41, 5.74) is 6.92. The van der Waals surface area contributed by atoms with Crippen molar-refractivity contribution in [1.82, 2.24) is 14.6 Å². The van der Waals surface area contributed by atoms with Gasteiger partial charge in [-0.15, -0.1) is 10.2 Å². The standard InChI is InChI=1S/C14H11F3N4/c15-14(16,17)11-5-3-9(4-6-11)12-19-20-13-10(8-18)2-1-7-21(12)13/h1-7H,8,18H2. The highest BCUT2D eigenvalue weighted by atomic mass is 19.4. The maximum absolute atomic E-state index is 12.6. The molecule has 2 aromatic heterocycles. The molecular weight excluding hydrogens is 281 g/mol. The molecule has 0 saturated carbocycles. The molecular formula is C14H11F3N4. The van der Waals surface area contributed by atoms with Gasteiger partial charge in [-0.05, 0) is 18.2 Å². The van der Waals surface area contributed by atoms with E-state index < -0.39 is 11.7 Å². The molecule has 0 bridgehead atoms. The molecule has 2 heterocycles. The summed E-state index contributed by atoms with van der Waals surface area (Å²) in [5, 5.41) is 8.09. The highest BCUT2D eigenvalue weighted by Crippen LogP contribution is 2.30. The Labute approximate surface area is 118 Å². The molecule has 0 aliphatic carbocycles. The lowest BCUT2D eigenvalue weighted by Crippen LogP contribution is -2.04. The van der Waals surface area contributed by atoms with E-state index in [1.54, 1.807) is 16.7 Å². The predicted molar refractivity (Wildman–Crippen MR) is 71.3 cm³/mol. The third-order valence-corrected chi connectivity index (χ3v) is 3.21. The van der Waals surface area contributed by atoms with Crippen molar-refractivity contribution < 1.29 is 13.2 Å². The zero-order chi connectivity index (χ0) is 15.0. The van der Waals surface area contributed by atoms with Crippen LogP contribution in [0.3, 0.4) is 0 Å². The first-order chi connectivity index (χ1) is 10.0. The second-order valence-electron chi connectivity index (χ2n) is 4.53. The lowest BCUT2D eigenvalue weighted by atomic mass is 10.1. The topological polar surface area (TPSA) is 56.2 Å². The van der Waals surface area contributed by atoms with Crippen molar-refractivity contribution in [3.8, 4) is 11.4 Å². The maximum Gasteiger partial charge on any atom is 0.416 e. The van der Waals surface area contributed by atoms with Gasteiger partial charge in [0.05, 0.1) is 5.56 Å². The summed E-state index contributed by atoms with van der Waals surface area (Å²) in [6, 6.07) is 8.46. The Balaban J connectivity index is 2.09. The first-order valence-corrected chi connectivity index (χ1v) is 6.21. The minimum absolute atomic E-state index is 0.315. The number of benzene rings is 1. The summed E-state index contributed by atoms with van der Waals surface area (Å²) in [7, 11) is 0. The van der Waals surface area contributed by atoms with Gasteiger partial charge in [0.25, 0.3) is 0 Å². The summed E-state index contributed by atoms with van der Waals surface area (Å²) in [4.78, 5) is 0. The van der Waals surface area contributed by atoms with Crippen LogP contribution in [0, 0.1) is 0 Å². The second kappa shape index (κ2) is 4.85. The van der Waals surface area contributed by atoms with Crippen LogP contribution in [0.4, 0.5) is 13.2 Å². The summed E-state index contributed by atoms with van der Waals surface area (Å²) in [6.45, 7) is 0.315. The van der Waals surface area contributed by atoms with E-state index in [2.05, 4.69) is 10.2 Å². The number of hydrogen-bond donors (Lipinski definition) is 1. The Morgan fingerprint density at radius 2 is 1.76 bits per heavy atom. The summed E-state index contributed by atoms with van der Waals surface area (Å²) in [5.74, 6) is 0.481. The van der Waals surface area contributed by atoms with Crippen molar-refractivity contribution in [3.63, 3.8) is 0 Å². The molecule has 0 unspecified atom stereocenters. The predicted octanol–water partition coefficient (Wildman–Crippen LogP) is 2.87. The van der Waals surface area contributed by atoms with E-state index in [4.69, 9.17) is 5.73 Å². The minimum Gasteiger partial charge on any atom is -0.326 e. The van der Waals surface area contributed by atoms with Gasteiger partial charge >= 0.3 is 6.18 Å². The largest absolute Gasteiger partial charge is 0.416 e. The number of nitrogens with zero attached hydrogens (tertiary/aromatic N) is 3. The molecule has 7 heteroatoms. The SMILES string of the molecule is NCc1cccn2c(-c3ccc(C(F)(F)F)cc3)nnc12. The summed E-state index contributed by atoms with van der Waals surface area (Å²) < 4.78 is 39.4. The molecule has 3 aromatic rings. The van der Waals surface area contributed by atoms with Gasteiger partial charge in [0.15, 0.2) is 11.5 Å². The van der Waals surface area contributed by atoms with Crippen molar-refractivity contribution >= 4 is 5.65 Å². The molecule has 4 nitrogen and oxygen atoms in total. The van der Waals surface area contributed by atoms with Crippen LogP contribution in [0.1, 0.15) is 11.1 Å². The molecule has 0 atom stereocenters. The van der Waals surface area contributed by atoms with Gasteiger partial charge in [0, 0.05) is 23.9 Å². The van der Waals surface area contributed by atoms with E-state index >= 15 is 0 Å². The minimum atomic E-state index is -4.35. The van der Waals surface area contributed by atoms with Crippen LogP contribution in [0.25, 0.3) is 17.0 Å². The zero-order valence-electron chi connectivity index (χ0n) is 10.8. The smallest absolute Gasteiger partial charge is 0.326 e. The average Bonchev–Trinajstić information content (AvgIpc) is 2.90. The van der Waals surface area contributed by atoms with Gasteiger partial charge in [-0.1, -0.05) is 18.2 Å². The molecule has 2 N–H and O–H groups in total. The van der Waals surface area contributed by atoms with Gasteiger partial charge in [-0.25, -0.2) is 0 Å². The second-order valence-corrected chi connectivity index (χ2v) is 4.53. The maximum atomic E-state index is 12.6. The van der Waals surface area contributed by atoms with Gasteiger partial charge in [0.1, 0.15) is 0 Å². The van der Waals surface area contributed by atoms with Crippen LogP contribution in [0.5, 0.6) is 0 Å². The number of fused-ring (bicyclic) bond motifs is 1. The first kappa shape index (κ1) is 13.6. The van der Waals surface area contributed by atoms with Crippen molar-refractivity contribution in [2.75, 3.05) is 0 Å². The molecule has 0 radical (unpaired) electrons.